The van der Waals surface area contributed by atoms with Gasteiger partial charge < -0.3 is 0 Å². The lowest BCUT2D eigenvalue weighted by Gasteiger charge is -2.08. The van der Waals surface area contributed by atoms with E-state index in [9.17, 15) is 21.6 Å². The molecule has 0 aliphatic heterocycles. The fourth-order valence-corrected chi connectivity index (χ4v) is 4.51. The molecule has 4 rings (SSSR count). The predicted octanol–water partition coefficient (Wildman–Crippen LogP) is 4.30. The first-order valence-electron chi connectivity index (χ1n) is 7.60. The lowest BCUT2D eigenvalue weighted by molar-refractivity contribution is -0.0436. The Morgan fingerprint density at radius 1 is 1.00 bits per heavy atom. The van der Waals surface area contributed by atoms with Crippen molar-refractivity contribution in [1.29, 1.82) is 0 Å². The number of hydrogen-bond acceptors (Lipinski definition) is 7. The highest BCUT2D eigenvalue weighted by molar-refractivity contribution is 7.99. The average molecular weight is 442 g/mol. The summed E-state index contributed by atoms with van der Waals surface area (Å²) < 4.78 is 62.3. The van der Waals surface area contributed by atoms with Crippen molar-refractivity contribution in [3.05, 3.63) is 53.2 Å². The summed E-state index contributed by atoms with van der Waals surface area (Å²) in [5.74, 6) is 0.574. The van der Waals surface area contributed by atoms with Crippen molar-refractivity contribution in [3.8, 4) is 11.4 Å². The maximum absolute atomic E-state index is 12.6. The third-order valence-electron chi connectivity index (χ3n) is 3.68. The summed E-state index contributed by atoms with van der Waals surface area (Å²) in [7, 11) is -5.36. The fourth-order valence-electron chi connectivity index (χ4n) is 2.34. The Kier molecular flexibility index (Phi) is 4.63. The molecule has 0 atom stereocenters. The zero-order chi connectivity index (χ0) is 19.9. The van der Waals surface area contributed by atoms with Crippen LogP contribution in [0.2, 0.25) is 0 Å². The number of nitrogens with zero attached hydrogens (tertiary/aromatic N) is 4. The van der Waals surface area contributed by atoms with E-state index in [2.05, 4.69) is 15.3 Å². The second-order valence-corrected chi connectivity index (χ2v) is 9.31. The number of thiophene rings is 1. The third kappa shape index (κ3) is 3.38. The van der Waals surface area contributed by atoms with Crippen molar-refractivity contribution in [3.63, 3.8) is 0 Å². The summed E-state index contributed by atoms with van der Waals surface area (Å²) in [6.45, 7) is 0. The van der Waals surface area contributed by atoms with Crippen LogP contribution in [-0.4, -0.2) is 33.7 Å². The van der Waals surface area contributed by atoms with Gasteiger partial charge in [0.15, 0.2) is 11.5 Å². The van der Waals surface area contributed by atoms with E-state index in [1.165, 1.54) is 35.2 Å². The van der Waals surface area contributed by atoms with Crippen LogP contribution in [0.5, 0.6) is 0 Å². The quantitative estimate of drug-likeness (QED) is 0.469. The number of alkyl halides is 3. The maximum Gasteiger partial charge on any atom is 0.501 e. The molecule has 0 unspecified atom stereocenters. The largest absolute Gasteiger partial charge is 0.501 e. The van der Waals surface area contributed by atoms with Gasteiger partial charge in [-0.05, 0) is 47.8 Å². The Morgan fingerprint density at radius 2 is 1.75 bits per heavy atom. The van der Waals surface area contributed by atoms with E-state index >= 15 is 0 Å². The number of fused-ring (bicyclic) bond motifs is 1. The Labute approximate surface area is 165 Å². The SMILES string of the molecule is O=S(=O)(c1ccc(Sc2ccc3nnc(-c4ccsc4)n3n2)cc1)C(F)(F)F. The van der Waals surface area contributed by atoms with Gasteiger partial charge in [0.05, 0.1) is 4.90 Å². The standard InChI is InChI=1S/C16H9F3N4O2S3/c17-16(18,19)28(24,25)12-3-1-11(2-4-12)27-14-6-5-13-20-21-15(23(13)22-14)10-7-8-26-9-10/h1-9H. The molecular formula is C16H9F3N4O2S3. The number of halogens is 3. The molecule has 0 bridgehead atoms. The number of rotatable bonds is 4. The summed E-state index contributed by atoms with van der Waals surface area (Å²) in [6, 6.07) is 9.79. The average Bonchev–Trinajstić information content (AvgIpc) is 3.30. The van der Waals surface area contributed by atoms with Crippen LogP contribution < -0.4 is 0 Å². The van der Waals surface area contributed by atoms with E-state index in [0.29, 0.717) is 21.4 Å². The molecule has 6 nitrogen and oxygen atoms in total. The van der Waals surface area contributed by atoms with Crippen molar-refractivity contribution < 1.29 is 21.6 Å². The van der Waals surface area contributed by atoms with Crippen molar-refractivity contribution in [2.75, 3.05) is 0 Å². The highest BCUT2D eigenvalue weighted by atomic mass is 32.2. The number of hydrogen-bond donors (Lipinski definition) is 0. The van der Waals surface area contributed by atoms with Crippen molar-refractivity contribution in [2.24, 2.45) is 0 Å². The minimum absolute atomic E-state index is 0.540. The molecule has 0 saturated carbocycles. The minimum Gasteiger partial charge on any atom is -0.214 e. The van der Waals surface area contributed by atoms with Crippen LogP contribution in [0, 0.1) is 0 Å². The van der Waals surface area contributed by atoms with Gasteiger partial charge in [-0.2, -0.15) is 34.1 Å². The van der Waals surface area contributed by atoms with Crippen LogP contribution in [0.15, 0.2) is 68.0 Å². The second-order valence-electron chi connectivity index (χ2n) is 5.50. The molecule has 0 amide bonds. The van der Waals surface area contributed by atoms with Crippen LogP contribution in [-0.2, 0) is 9.84 Å². The van der Waals surface area contributed by atoms with Crippen LogP contribution >= 0.6 is 23.1 Å². The Morgan fingerprint density at radius 3 is 2.39 bits per heavy atom. The van der Waals surface area contributed by atoms with Crippen LogP contribution in [0.3, 0.4) is 0 Å². The van der Waals surface area contributed by atoms with Crippen molar-refractivity contribution >= 4 is 38.6 Å². The minimum atomic E-state index is -5.36. The fraction of sp³-hybridized carbons (Fsp3) is 0.0625. The second kappa shape index (κ2) is 6.87. The van der Waals surface area contributed by atoms with Gasteiger partial charge in [-0.25, -0.2) is 8.42 Å². The molecule has 0 N–H and O–H groups in total. The first-order chi connectivity index (χ1) is 13.3. The zero-order valence-electron chi connectivity index (χ0n) is 13.7. The molecule has 0 aliphatic carbocycles. The first-order valence-corrected chi connectivity index (χ1v) is 10.8. The third-order valence-corrected chi connectivity index (χ3v) is 6.80. The molecule has 0 spiro atoms. The van der Waals surface area contributed by atoms with Crippen molar-refractivity contribution in [1.82, 2.24) is 19.8 Å². The van der Waals surface area contributed by atoms with Crippen LogP contribution in [0.1, 0.15) is 0 Å². The Bertz CT molecular complexity index is 1230. The van der Waals surface area contributed by atoms with Gasteiger partial charge in [0.1, 0.15) is 5.03 Å². The van der Waals surface area contributed by atoms with Gasteiger partial charge in [-0.3, -0.25) is 0 Å². The zero-order valence-corrected chi connectivity index (χ0v) is 16.1. The van der Waals surface area contributed by atoms with Gasteiger partial charge in [0.25, 0.3) is 9.84 Å². The summed E-state index contributed by atoms with van der Waals surface area (Å²) in [6.07, 6.45) is 0. The molecule has 4 aromatic rings. The molecule has 12 heteroatoms. The molecule has 3 heterocycles. The number of sulfone groups is 1. The maximum atomic E-state index is 12.6. The van der Waals surface area contributed by atoms with Gasteiger partial charge in [-0.1, -0.05) is 11.8 Å². The van der Waals surface area contributed by atoms with E-state index in [1.807, 2.05) is 16.8 Å². The van der Waals surface area contributed by atoms with Gasteiger partial charge in [-0.15, -0.1) is 10.2 Å². The Balaban J connectivity index is 1.63. The predicted molar refractivity (Wildman–Crippen MR) is 97.9 cm³/mol. The summed E-state index contributed by atoms with van der Waals surface area (Å²) in [5.41, 5.74) is -3.91. The van der Waals surface area contributed by atoms with Crippen LogP contribution in [0.4, 0.5) is 13.2 Å². The van der Waals surface area contributed by atoms with E-state index in [-0.39, 0.29) is 0 Å². The first kappa shape index (κ1) is 18.9. The molecule has 144 valence electrons. The lowest BCUT2D eigenvalue weighted by atomic mass is 10.3. The van der Waals surface area contributed by atoms with Gasteiger partial charge in [0, 0.05) is 15.8 Å². The molecule has 0 saturated heterocycles. The molecule has 1 aromatic carbocycles. The molecule has 28 heavy (non-hydrogen) atoms. The molecule has 3 aromatic heterocycles. The molecular weight excluding hydrogens is 433 g/mol. The lowest BCUT2D eigenvalue weighted by Crippen LogP contribution is -2.23. The Hall–Kier alpha value is -2.44. The number of aromatic nitrogens is 4. The monoisotopic (exact) mass is 442 g/mol. The van der Waals surface area contributed by atoms with Crippen LogP contribution in [0.25, 0.3) is 17.0 Å². The van der Waals surface area contributed by atoms with Crippen molar-refractivity contribution in [2.45, 2.75) is 20.3 Å². The number of benzene rings is 1. The summed E-state index contributed by atoms with van der Waals surface area (Å²) >= 11 is 2.69. The summed E-state index contributed by atoms with van der Waals surface area (Å²) in [5, 5.41) is 17.0. The highest BCUT2D eigenvalue weighted by Crippen LogP contribution is 2.33. The van der Waals surface area contributed by atoms with Gasteiger partial charge >= 0.3 is 5.51 Å². The molecule has 0 aliphatic rings. The molecule has 0 fully saturated rings. The smallest absolute Gasteiger partial charge is 0.214 e. The molecule has 0 radical (unpaired) electrons. The summed E-state index contributed by atoms with van der Waals surface area (Å²) in [4.78, 5) is -0.260. The normalized spacial score (nSPS) is 12.5. The highest BCUT2D eigenvalue weighted by Gasteiger charge is 2.46. The van der Waals surface area contributed by atoms with E-state index in [0.717, 1.165) is 17.7 Å². The van der Waals surface area contributed by atoms with E-state index in [4.69, 9.17) is 0 Å². The van der Waals surface area contributed by atoms with Gasteiger partial charge in [0.2, 0.25) is 0 Å². The van der Waals surface area contributed by atoms with E-state index in [1.54, 1.807) is 16.6 Å². The topological polar surface area (TPSA) is 77.2 Å². The van der Waals surface area contributed by atoms with E-state index < -0.39 is 20.2 Å².